The second kappa shape index (κ2) is 5.56. The fraction of sp³-hybridized carbons (Fsp3) is 0.467. The predicted molar refractivity (Wildman–Crippen MR) is 78.1 cm³/mol. The van der Waals surface area contributed by atoms with Gasteiger partial charge < -0.3 is 15.3 Å². The number of fused-ring (bicyclic) bond motifs is 2. The number of amides is 2. The molecule has 112 valence electrons. The Morgan fingerprint density at radius 3 is 2.76 bits per heavy atom. The molecule has 1 aromatic carbocycles. The minimum Gasteiger partial charge on any atom is -0.481 e. The smallest absolute Gasteiger partial charge is 0.318 e. The van der Waals surface area contributed by atoms with Crippen LogP contribution in [0.15, 0.2) is 24.3 Å². The van der Waals surface area contributed by atoms with Gasteiger partial charge in [-0.05, 0) is 30.9 Å². The van der Waals surface area contributed by atoms with Gasteiger partial charge in [0.2, 0.25) is 0 Å². The second-order valence-corrected chi connectivity index (χ2v) is 6.04. The lowest BCUT2D eigenvalue weighted by atomic mass is 9.89. The Morgan fingerprint density at radius 2 is 2.10 bits per heavy atom. The van der Waals surface area contributed by atoms with Crippen LogP contribution in [-0.2, 0) is 11.3 Å². The molecule has 0 aromatic heterocycles. The first-order chi connectivity index (χ1) is 10.1. The second-order valence-electron chi connectivity index (χ2n) is 5.64. The Hall–Kier alpha value is -1.75. The summed E-state index contributed by atoms with van der Waals surface area (Å²) in [5.74, 6) is -1.22. The van der Waals surface area contributed by atoms with Crippen molar-refractivity contribution >= 4 is 23.6 Å². The number of carboxylic acid groups (broad SMARTS) is 1. The SMILES string of the molecule is O=C(O)C1CC2CCC1N2C(=O)NCc1ccccc1Cl. The van der Waals surface area contributed by atoms with Gasteiger partial charge >= 0.3 is 12.0 Å². The molecule has 0 spiro atoms. The molecule has 0 radical (unpaired) electrons. The van der Waals surface area contributed by atoms with Crippen LogP contribution in [0.3, 0.4) is 0 Å². The maximum absolute atomic E-state index is 12.3. The molecule has 2 fully saturated rings. The average Bonchev–Trinajstić information content (AvgIpc) is 3.04. The van der Waals surface area contributed by atoms with Crippen molar-refractivity contribution < 1.29 is 14.7 Å². The highest BCUT2D eigenvalue weighted by Crippen LogP contribution is 2.41. The summed E-state index contributed by atoms with van der Waals surface area (Å²) in [6, 6.07) is 7.05. The molecule has 2 amide bonds. The van der Waals surface area contributed by atoms with E-state index in [1.165, 1.54) is 0 Å². The van der Waals surface area contributed by atoms with Crippen LogP contribution < -0.4 is 5.32 Å². The van der Waals surface area contributed by atoms with E-state index in [2.05, 4.69) is 5.32 Å². The molecule has 2 aliphatic rings. The van der Waals surface area contributed by atoms with Gasteiger partial charge in [-0.15, -0.1) is 0 Å². The molecule has 3 rings (SSSR count). The zero-order valence-corrected chi connectivity index (χ0v) is 12.2. The number of hydrogen-bond acceptors (Lipinski definition) is 2. The number of nitrogens with zero attached hydrogens (tertiary/aromatic N) is 1. The first-order valence-corrected chi connectivity index (χ1v) is 7.48. The van der Waals surface area contributed by atoms with Crippen molar-refractivity contribution in [3.63, 3.8) is 0 Å². The fourth-order valence-corrected chi connectivity index (χ4v) is 3.68. The highest BCUT2D eigenvalue weighted by atomic mass is 35.5. The predicted octanol–water partition coefficient (Wildman–Crippen LogP) is 2.49. The molecule has 3 atom stereocenters. The first-order valence-electron chi connectivity index (χ1n) is 7.10. The van der Waals surface area contributed by atoms with E-state index in [-0.39, 0.29) is 18.1 Å². The van der Waals surface area contributed by atoms with Gasteiger partial charge in [-0.25, -0.2) is 4.79 Å². The Balaban J connectivity index is 1.64. The summed E-state index contributed by atoms with van der Waals surface area (Å²) in [5.41, 5.74) is 0.855. The molecule has 0 aliphatic carbocycles. The van der Waals surface area contributed by atoms with E-state index in [1.54, 1.807) is 11.0 Å². The number of rotatable bonds is 3. The third-order valence-electron chi connectivity index (χ3n) is 4.48. The number of hydrogen-bond donors (Lipinski definition) is 2. The van der Waals surface area contributed by atoms with Gasteiger partial charge in [0.1, 0.15) is 0 Å². The van der Waals surface area contributed by atoms with Crippen molar-refractivity contribution in [2.75, 3.05) is 0 Å². The zero-order chi connectivity index (χ0) is 15.0. The number of benzene rings is 1. The van der Waals surface area contributed by atoms with E-state index < -0.39 is 11.9 Å². The van der Waals surface area contributed by atoms with Crippen LogP contribution in [0.25, 0.3) is 0 Å². The van der Waals surface area contributed by atoms with Crippen molar-refractivity contribution in [1.82, 2.24) is 10.2 Å². The first kappa shape index (κ1) is 14.2. The number of carboxylic acids is 1. The van der Waals surface area contributed by atoms with Crippen LogP contribution in [0.1, 0.15) is 24.8 Å². The molecule has 6 heteroatoms. The summed E-state index contributed by atoms with van der Waals surface area (Å²) in [6.07, 6.45) is 2.24. The van der Waals surface area contributed by atoms with Crippen molar-refractivity contribution in [2.24, 2.45) is 5.92 Å². The summed E-state index contributed by atoms with van der Waals surface area (Å²) in [4.78, 5) is 25.3. The van der Waals surface area contributed by atoms with Crippen LogP contribution in [0.2, 0.25) is 5.02 Å². The highest BCUT2D eigenvalue weighted by molar-refractivity contribution is 6.31. The molecule has 2 heterocycles. The van der Waals surface area contributed by atoms with Crippen molar-refractivity contribution in [3.05, 3.63) is 34.9 Å². The number of urea groups is 1. The van der Waals surface area contributed by atoms with Gasteiger partial charge in [-0.1, -0.05) is 29.8 Å². The van der Waals surface area contributed by atoms with Gasteiger partial charge in [0, 0.05) is 23.7 Å². The molecule has 1 aromatic rings. The summed E-state index contributed by atoms with van der Waals surface area (Å²) in [6.45, 7) is 0.353. The quantitative estimate of drug-likeness (QED) is 0.901. The summed E-state index contributed by atoms with van der Waals surface area (Å²) in [5, 5.41) is 12.7. The molecule has 2 N–H and O–H groups in total. The average molecular weight is 309 g/mol. The zero-order valence-electron chi connectivity index (χ0n) is 11.5. The van der Waals surface area contributed by atoms with Crippen LogP contribution >= 0.6 is 11.6 Å². The lowest BCUT2D eigenvalue weighted by Crippen LogP contribution is -2.44. The lowest BCUT2D eigenvalue weighted by Gasteiger charge is -2.23. The van der Waals surface area contributed by atoms with Gasteiger partial charge in [-0.2, -0.15) is 0 Å². The molecule has 2 bridgehead atoms. The van der Waals surface area contributed by atoms with Gasteiger partial charge in [0.05, 0.1) is 5.92 Å². The minimum absolute atomic E-state index is 0.0577. The van der Waals surface area contributed by atoms with E-state index in [0.717, 1.165) is 18.4 Å². The van der Waals surface area contributed by atoms with E-state index in [9.17, 15) is 14.7 Å². The van der Waals surface area contributed by atoms with Crippen LogP contribution in [-0.4, -0.2) is 34.1 Å². The standard InChI is InChI=1S/C15H17ClN2O3/c16-12-4-2-1-3-9(12)8-17-15(21)18-10-5-6-13(18)11(7-10)14(19)20/h1-4,10-11,13H,5-8H2,(H,17,21)(H,19,20). The van der Waals surface area contributed by atoms with E-state index in [0.29, 0.717) is 18.0 Å². The van der Waals surface area contributed by atoms with E-state index >= 15 is 0 Å². The summed E-state index contributed by atoms with van der Waals surface area (Å²) < 4.78 is 0. The van der Waals surface area contributed by atoms with Crippen molar-refractivity contribution in [1.29, 1.82) is 0 Å². The monoisotopic (exact) mass is 308 g/mol. The van der Waals surface area contributed by atoms with E-state index in [1.807, 2.05) is 18.2 Å². The third kappa shape index (κ3) is 2.58. The Kier molecular flexibility index (Phi) is 3.76. The van der Waals surface area contributed by atoms with Crippen molar-refractivity contribution in [2.45, 2.75) is 37.9 Å². The number of nitrogens with one attached hydrogen (secondary N) is 1. The molecule has 5 nitrogen and oxygen atoms in total. The van der Waals surface area contributed by atoms with Crippen LogP contribution in [0.4, 0.5) is 4.79 Å². The molecular formula is C15H17ClN2O3. The van der Waals surface area contributed by atoms with Crippen LogP contribution in [0.5, 0.6) is 0 Å². The number of carbonyl (C=O) groups is 2. The molecule has 0 saturated carbocycles. The molecule has 2 saturated heterocycles. The number of halogens is 1. The van der Waals surface area contributed by atoms with E-state index in [4.69, 9.17) is 11.6 Å². The van der Waals surface area contributed by atoms with Gasteiger partial charge in [-0.3, -0.25) is 4.79 Å². The fourth-order valence-electron chi connectivity index (χ4n) is 3.47. The number of carbonyl (C=O) groups excluding carboxylic acids is 1. The minimum atomic E-state index is -0.800. The molecular weight excluding hydrogens is 292 g/mol. The highest BCUT2D eigenvalue weighted by Gasteiger charge is 2.51. The number of aliphatic carboxylic acids is 1. The maximum atomic E-state index is 12.3. The largest absolute Gasteiger partial charge is 0.481 e. The van der Waals surface area contributed by atoms with Gasteiger partial charge in [0.25, 0.3) is 0 Å². The van der Waals surface area contributed by atoms with Crippen molar-refractivity contribution in [3.8, 4) is 0 Å². The molecule has 2 aliphatic heterocycles. The Morgan fingerprint density at radius 1 is 1.33 bits per heavy atom. The Bertz CT molecular complexity index is 578. The molecule has 21 heavy (non-hydrogen) atoms. The summed E-state index contributed by atoms with van der Waals surface area (Å²) in [7, 11) is 0. The topological polar surface area (TPSA) is 69.6 Å². The lowest BCUT2D eigenvalue weighted by molar-refractivity contribution is -0.142. The van der Waals surface area contributed by atoms with Crippen LogP contribution in [0, 0.1) is 5.92 Å². The third-order valence-corrected chi connectivity index (χ3v) is 4.85. The normalized spacial score (nSPS) is 26.9. The molecule has 3 unspecified atom stereocenters. The maximum Gasteiger partial charge on any atom is 0.318 e. The van der Waals surface area contributed by atoms with Gasteiger partial charge in [0.15, 0.2) is 0 Å². The Labute approximate surface area is 127 Å². The summed E-state index contributed by atoms with van der Waals surface area (Å²) >= 11 is 6.06.